The number of hydrogen-bond donors (Lipinski definition) is 1. The Hall–Kier alpha value is -2.33. The summed E-state index contributed by atoms with van der Waals surface area (Å²) in [6, 6.07) is 20.9. The summed E-state index contributed by atoms with van der Waals surface area (Å²) in [4.78, 5) is 12.3. The van der Waals surface area contributed by atoms with Crippen LogP contribution in [0.2, 0.25) is 0 Å². The molecule has 1 heterocycles. The molecule has 1 N–H and O–H groups in total. The summed E-state index contributed by atoms with van der Waals surface area (Å²) in [5.41, 5.74) is 2.03. The van der Waals surface area contributed by atoms with Gasteiger partial charge in [0.25, 0.3) is 5.91 Å². The Labute approximate surface area is 137 Å². The SMILES string of the molecule is O=C(N[C@@H](c1ccccc1)c1ccc(Br)cc1)c1ccco1. The second-order valence-corrected chi connectivity index (χ2v) is 5.76. The van der Waals surface area contributed by atoms with Crippen LogP contribution in [0.5, 0.6) is 0 Å². The number of rotatable bonds is 4. The van der Waals surface area contributed by atoms with Crippen molar-refractivity contribution < 1.29 is 9.21 Å². The quantitative estimate of drug-likeness (QED) is 0.745. The molecular weight excluding hydrogens is 342 g/mol. The zero-order valence-corrected chi connectivity index (χ0v) is 13.3. The number of carbonyl (C=O) groups is 1. The zero-order valence-electron chi connectivity index (χ0n) is 11.7. The summed E-state index contributed by atoms with van der Waals surface area (Å²) >= 11 is 3.43. The first-order valence-corrected chi connectivity index (χ1v) is 7.68. The smallest absolute Gasteiger partial charge is 0.287 e. The third-order valence-corrected chi connectivity index (χ3v) is 3.89. The molecule has 22 heavy (non-hydrogen) atoms. The molecule has 1 aromatic heterocycles. The molecule has 0 saturated heterocycles. The van der Waals surface area contributed by atoms with E-state index in [1.165, 1.54) is 6.26 Å². The van der Waals surface area contributed by atoms with Crippen molar-refractivity contribution in [2.75, 3.05) is 0 Å². The number of furan rings is 1. The van der Waals surface area contributed by atoms with Gasteiger partial charge in [0.15, 0.2) is 5.76 Å². The summed E-state index contributed by atoms with van der Waals surface area (Å²) in [6.45, 7) is 0. The average Bonchev–Trinajstić information content (AvgIpc) is 3.09. The predicted molar refractivity (Wildman–Crippen MR) is 88.6 cm³/mol. The van der Waals surface area contributed by atoms with Gasteiger partial charge in [0.2, 0.25) is 0 Å². The Kier molecular flexibility index (Phi) is 4.39. The number of nitrogens with one attached hydrogen (secondary N) is 1. The Morgan fingerprint density at radius 3 is 2.23 bits per heavy atom. The molecule has 0 fully saturated rings. The van der Waals surface area contributed by atoms with Gasteiger partial charge in [-0.15, -0.1) is 0 Å². The average molecular weight is 356 g/mol. The second-order valence-electron chi connectivity index (χ2n) is 4.85. The lowest BCUT2D eigenvalue weighted by Gasteiger charge is -2.19. The van der Waals surface area contributed by atoms with Crippen LogP contribution in [0.25, 0.3) is 0 Å². The first-order valence-electron chi connectivity index (χ1n) is 6.89. The van der Waals surface area contributed by atoms with E-state index in [2.05, 4.69) is 21.2 Å². The highest BCUT2D eigenvalue weighted by molar-refractivity contribution is 9.10. The van der Waals surface area contributed by atoms with Crippen LogP contribution in [-0.2, 0) is 0 Å². The Balaban J connectivity index is 1.93. The standard InChI is InChI=1S/C18H14BrNO2/c19-15-10-8-14(9-11-15)17(13-5-2-1-3-6-13)20-18(21)16-7-4-12-22-16/h1-12,17H,(H,20,21)/t17-/m0/s1. The molecule has 0 radical (unpaired) electrons. The summed E-state index contributed by atoms with van der Waals surface area (Å²) < 4.78 is 6.17. The van der Waals surface area contributed by atoms with Crippen LogP contribution in [0, 0.1) is 0 Å². The molecular formula is C18H14BrNO2. The normalized spacial score (nSPS) is 11.9. The highest BCUT2D eigenvalue weighted by Gasteiger charge is 2.18. The van der Waals surface area contributed by atoms with Gasteiger partial charge in [-0.2, -0.15) is 0 Å². The molecule has 2 aromatic carbocycles. The fourth-order valence-corrected chi connectivity index (χ4v) is 2.53. The van der Waals surface area contributed by atoms with Gasteiger partial charge < -0.3 is 9.73 Å². The summed E-state index contributed by atoms with van der Waals surface area (Å²) in [5.74, 6) is 0.0693. The van der Waals surface area contributed by atoms with Crippen molar-refractivity contribution in [2.24, 2.45) is 0 Å². The van der Waals surface area contributed by atoms with E-state index in [9.17, 15) is 4.79 Å². The van der Waals surface area contributed by atoms with Crippen LogP contribution in [0.4, 0.5) is 0 Å². The maximum atomic E-state index is 12.3. The van der Waals surface area contributed by atoms with Crippen LogP contribution >= 0.6 is 15.9 Å². The Morgan fingerprint density at radius 1 is 0.909 bits per heavy atom. The number of hydrogen-bond acceptors (Lipinski definition) is 2. The number of halogens is 1. The van der Waals surface area contributed by atoms with Crippen LogP contribution < -0.4 is 5.32 Å². The summed E-state index contributed by atoms with van der Waals surface area (Å²) in [6.07, 6.45) is 1.49. The van der Waals surface area contributed by atoms with Gasteiger partial charge in [-0.1, -0.05) is 58.4 Å². The lowest BCUT2D eigenvalue weighted by molar-refractivity contribution is 0.0915. The number of carbonyl (C=O) groups excluding carboxylic acids is 1. The maximum absolute atomic E-state index is 12.3. The Morgan fingerprint density at radius 2 is 1.59 bits per heavy atom. The summed E-state index contributed by atoms with van der Waals surface area (Å²) in [5, 5.41) is 3.02. The maximum Gasteiger partial charge on any atom is 0.287 e. The minimum Gasteiger partial charge on any atom is -0.459 e. The van der Waals surface area contributed by atoms with Gasteiger partial charge in [0.1, 0.15) is 0 Å². The highest BCUT2D eigenvalue weighted by Crippen LogP contribution is 2.24. The second kappa shape index (κ2) is 6.62. The molecule has 3 rings (SSSR count). The first-order chi connectivity index (χ1) is 10.7. The van der Waals surface area contributed by atoms with Crippen LogP contribution in [0.15, 0.2) is 81.9 Å². The molecule has 1 amide bonds. The van der Waals surface area contributed by atoms with E-state index in [1.807, 2.05) is 54.6 Å². The van der Waals surface area contributed by atoms with Gasteiger partial charge in [0, 0.05) is 4.47 Å². The van der Waals surface area contributed by atoms with E-state index in [4.69, 9.17) is 4.42 Å². The largest absolute Gasteiger partial charge is 0.459 e. The minimum atomic E-state index is -0.234. The molecule has 0 aliphatic rings. The van der Waals surface area contributed by atoms with E-state index in [0.717, 1.165) is 15.6 Å². The molecule has 0 unspecified atom stereocenters. The molecule has 0 saturated carbocycles. The van der Waals surface area contributed by atoms with E-state index < -0.39 is 0 Å². The topological polar surface area (TPSA) is 42.2 Å². The number of benzene rings is 2. The highest BCUT2D eigenvalue weighted by atomic mass is 79.9. The van der Waals surface area contributed by atoms with Gasteiger partial charge in [0.05, 0.1) is 12.3 Å². The molecule has 110 valence electrons. The van der Waals surface area contributed by atoms with Gasteiger partial charge in [-0.25, -0.2) is 0 Å². The van der Waals surface area contributed by atoms with E-state index in [-0.39, 0.29) is 11.9 Å². The molecule has 0 spiro atoms. The van der Waals surface area contributed by atoms with Crippen LogP contribution in [0.3, 0.4) is 0 Å². The van der Waals surface area contributed by atoms with Crippen molar-refractivity contribution in [1.82, 2.24) is 5.32 Å². The first kappa shape index (κ1) is 14.6. The van der Waals surface area contributed by atoms with Gasteiger partial charge in [-0.05, 0) is 35.4 Å². The van der Waals surface area contributed by atoms with E-state index in [0.29, 0.717) is 5.76 Å². The molecule has 4 heteroatoms. The van der Waals surface area contributed by atoms with E-state index in [1.54, 1.807) is 12.1 Å². The summed E-state index contributed by atoms with van der Waals surface area (Å²) in [7, 11) is 0. The van der Waals surface area contributed by atoms with Gasteiger partial charge in [-0.3, -0.25) is 4.79 Å². The third kappa shape index (κ3) is 3.28. The number of amides is 1. The lowest BCUT2D eigenvalue weighted by Crippen LogP contribution is -2.29. The van der Waals surface area contributed by atoms with Crippen molar-refractivity contribution in [2.45, 2.75) is 6.04 Å². The van der Waals surface area contributed by atoms with Crippen molar-refractivity contribution in [3.05, 3.63) is 94.4 Å². The lowest BCUT2D eigenvalue weighted by atomic mass is 9.98. The zero-order chi connectivity index (χ0) is 15.4. The predicted octanol–water partition coefficient (Wildman–Crippen LogP) is 4.56. The van der Waals surface area contributed by atoms with Crippen molar-refractivity contribution in [3.8, 4) is 0 Å². The van der Waals surface area contributed by atoms with Crippen molar-refractivity contribution >= 4 is 21.8 Å². The third-order valence-electron chi connectivity index (χ3n) is 3.36. The van der Waals surface area contributed by atoms with Crippen molar-refractivity contribution in [1.29, 1.82) is 0 Å². The van der Waals surface area contributed by atoms with Crippen LogP contribution in [0.1, 0.15) is 27.7 Å². The molecule has 0 bridgehead atoms. The van der Waals surface area contributed by atoms with Crippen LogP contribution in [-0.4, -0.2) is 5.91 Å². The van der Waals surface area contributed by atoms with E-state index >= 15 is 0 Å². The fourth-order valence-electron chi connectivity index (χ4n) is 2.27. The molecule has 3 nitrogen and oxygen atoms in total. The fraction of sp³-hybridized carbons (Fsp3) is 0.0556. The molecule has 1 atom stereocenters. The van der Waals surface area contributed by atoms with Crippen molar-refractivity contribution in [3.63, 3.8) is 0 Å². The monoisotopic (exact) mass is 355 g/mol. The molecule has 0 aliphatic carbocycles. The molecule has 0 aliphatic heterocycles. The van der Waals surface area contributed by atoms with Gasteiger partial charge >= 0.3 is 0 Å². The molecule has 3 aromatic rings. The Bertz CT molecular complexity index is 737. The minimum absolute atomic E-state index is 0.230.